The van der Waals surface area contributed by atoms with E-state index in [1.807, 2.05) is 24.3 Å². The normalized spacial score (nSPS) is 23.1. The summed E-state index contributed by atoms with van der Waals surface area (Å²) in [5.74, 6) is 4.57. The van der Waals surface area contributed by atoms with E-state index in [2.05, 4.69) is 6.26 Å². The van der Waals surface area contributed by atoms with E-state index in [4.69, 9.17) is 4.74 Å². The Morgan fingerprint density at radius 3 is 2.32 bits per heavy atom. The zero-order valence-corrected chi connectivity index (χ0v) is 14.5. The Kier molecular flexibility index (Phi) is 5.12. The topological polar surface area (TPSA) is 26.3 Å². The second-order valence-electron chi connectivity index (χ2n) is 7.06. The van der Waals surface area contributed by atoms with Gasteiger partial charge in [0.05, 0.1) is 6.10 Å². The van der Waals surface area contributed by atoms with Gasteiger partial charge >= 0.3 is 0 Å². The molecule has 2 nitrogen and oxygen atoms in total. The van der Waals surface area contributed by atoms with E-state index >= 15 is 0 Å². The lowest BCUT2D eigenvalue weighted by Crippen LogP contribution is -2.19. The molecular weight excluding hydrogens is 292 g/mol. The first-order valence-electron chi connectivity index (χ1n) is 8.66. The zero-order chi connectivity index (χ0) is 15.4. The molecule has 1 saturated carbocycles. The Morgan fingerprint density at radius 1 is 1.05 bits per heavy atom. The van der Waals surface area contributed by atoms with Crippen molar-refractivity contribution in [3.8, 4) is 5.75 Å². The van der Waals surface area contributed by atoms with Crippen LogP contribution in [0.25, 0.3) is 0 Å². The molecule has 1 aliphatic heterocycles. The molecule has 0 N–H and O–H groups in total. The molecule has 3 heteroatoms. The fourth-order valence-electron chi connectivity index (χ4n) is 3.64. The minimum Gasteiger partial charge on any atom is -0.490 e. The number of carbonyl (C=O) groups is 1. The minimum atomic E-state index is -0.665. The molecule has 0 bridgehead atoms. The van der Waals surface area contributed by atoms with Crippen molar-refractivity contribution in [1.82, 2.24) is 0 Å². The number of rotatable bonds is 5. The fraction of sp³-hybridized carbons (Fsp3) is 0.632. The average molecular weight is 320 g/mol. The summed E-state index contributed by atoms with van der Waals surface area (Å²) >= 11 is 0. The molecule has 0 amide bonds. The highest BCUT2D eigenvalue weighted by Gasteiger charge is 2.26. The van der Waals surface area contributed by atoms with Crippen molar-refractivity contribution in [1.29, 1.82) is 0 Å². The second-order valence-corrected chi connectivity index (χ2v) is 11.1. The number of benzene rings is 1. The van der Waals surface area contributed by atoms with E-state index in [0.29, 0.717) is 11.9 Å². The molecule has 1 aromatic rings. The van der Waals surface area contributed by atoms with Gasteiger partial charge < -0.3 is 4.74 Å². The van der Waals surface area contributed by atoms with Crippen LogP contribution in [0, 0.1) is 0 Å². The zero-order valence-electron chi connectivity index (χ0n) is 13.7. The van der Waals surface area contributed by atoms with Gasteiger partial charge in [0.1, 0.15) is 5.75 Å². The quantitative estimate of drug-likeness (QED) is 0.728. The predicted octanol–water partition coefficient (Wildman–Crippen LogP) is 4.81. The summed E-state index contributed by atoms with van der Waals surface area (Å²) in [6.07, 6.45) is 11.6. The highest BCUT2D eigenvalue weighted by atomic mass is 32.3. The van der Waals surface area contributed by atoms with Crippen LogP contribution in [0.4, 0.5) is 0 Å². The van der Waals surface area contributed by atoms with Crippen LogP contribution in [-0.2, 0) is 0 Å². The van der Waals surface area contributed by atoms with Crippen molar-refractivity contribution in [2.24, 2.45) is 0 Å². The molecule has 1 saturated heterocycles. The highest BCUT2D eigenvalue weighted by molar-refractivity contribution is 8.33. The largest absolute Gasteiger partial charge is 0.490 e. The number of hydrogen-bond acceptors (Lipinski definition) is 2. The van der Waals surface area contributed by atoms with E-state index in [0.717, 1.165) is 17.1 Å². The first-order chi connectivity index (χ1) is 10.6. The first kappa shape index (κ1) is 15.9. The van der Waals surface area contributed by atoms with E-state index in [-0.39, 0.29) is 0 Å². The first-order valence-corrected chi connectivity index (χ1v) is 11.2. The summed E-state index contributed by atoms with van der Waals surface area (Å²) in [4.78, 5) is 12.5. The van der Waals surface area contributed by atoms with Gasteiger partial charge in [-0.25, -0.2) is 10.0 Å². The molecule has 1 aliphatic carbocycles. The van der Waals surface area contributed by atoms with Gasteiger partial charge in [0, 0.05) is 11.3 Å². The Labute approximate surface area is 135 Å². The maximum atomic E-state index is 12.5. The van der Waals surface area contributed by atoms with Crippen LogP contribution < -0.4 is 4.74 Å². The second kappa shape index (κ2) is 7.08. The summed E-state index contributed by atoms with van der Waals surface area (Å²) in [6, 6.07) is 7.87. The van der Waals surface area contributed by atoms with E-state index in [9.17, 15) is 4.79 Å². The van der Waals surface area contributed by atoms with Crippen molar-refractivity contribution in [3.63, 3.8) is 0 Å². The van der Waals surface area contributed by atoms with Gasteiger partial charge in [-0.15, -0.1) is 0 Å². The monoisotopic (exact) mass is 320 g/mol. The van der Waals surface area contributed by atoms with Gasteiger partial charge in [-0.1, -0.05) is 6.42 Å². The molecule has 0 atom stereocenters. The molecule has 1 heterocycles. The van der Waals surface area contributed by atoms with Gasteiger partial charge in [-0.2, -0.15) is 0 Å². The molecule has 0 unspecified atom stereocenters. The third-order valence-electron chi connectivity index (χ3n) is 5.04. The molecule has 2 fully saturated rings. The highest BCUT2D eigenvalue weighted by Crippen LogP contribution is 2.50. The lowest BCUT2D eigenvalue weighted by molar-refractivity contribution is 0.102. The lowest BCUT2D eigenvalue weighted by Gasteiger charge is -2.29. The predicted molar refractivity (Wildman–Crippen MR) is 95.6 cm³/mol. The van der Waals surface area contributed by atoms with Crippen molar-refractivity contribution < 1.29 is 9.53 Å². The maximum Gasteiger partial charge on any atom is 0.171 e. The summed E-state index contributed by atoms with van der Waals surface area (Å²) in [7, 11) is -0.665. The molecule has 22 heavy (non-hydrogen) atoms. The maximum absolute atomic E-state index is 12.5. The molecule has 0 aromatic heterocycles. The number of hydrogen-bond donors (Lipinski definition) is 0. The Hall–Kier alpha value is -0.960. The van der Waals surface area contributed by atoms with Crippen molar-refractivity contribution in [2.45, 2.75) is 51.0 Å². The van der Waals surface area contributed by atoms with Crippen LogP contribution >= 0.6 is 10.0 Å². The summed E-state index contributed by atoms with van der Waals surface area (Å²) in [5.41, 5.74) is 0.858. The van der Waals surface area contributed by atoms with E-state index < -0.39 is 10.0 Å². The molecule has 0 spiro atoms. The van der Waals surface area contributed by atoms with Crippen molar-refractivity contribution in [2.75, 3.05) is 23.5 Å². The Bertz CT molecular complexity index is 497. The summed E-state index contributed by atoms with van der Waals surface area (Å²) < 4.78 is 6.04. The van der Waals surface area contributed by atoms with Crippen molar-refractivity contribution in [3.05, 3.63) is 29.8 Å². The van der Waals surface area contributed by atoms with E-state index in [1.54, 1.807) is 0 Å². The van der Waals surface area contributed by atoms with Gasteiger partial charge in [-0.05, 0) is 80.6 Å². The van der Waals surface area contributed by atoms with E-state index in [1.165, 1.54) is 56.5 Å². The van der Waals surface area contributed by atoms with Crippen LogP contribution in [0.3, 0.4) is 0 Å². The van der Waals surface area contributed by atoms with Crippen LogP contribution in [-0.4, -0.2) is 35.4 Å². The molecule has 1 aromatic carbocycles. The third kappa shape index (κ3) is 4.07. The number of carbonyl (C=O) groups excluding carboxylic acids is 1. The van der Waals surface area contributed by atoms with Gasteiger partial charge in [0.25, 0.3) is 0 Å². The smallest absolute Gasteiger partial charge is 0.171 e. The van der Waals surface area contributed by atoms with Gasteiger partial charge in [0.2, 0.25) is 0 Å². The standard InChI is InChI=1S/C19H28O2S/c1-22(13-5-6-14-22)15-19(20)16-9-11-18(12-10-16)21-17-7-3-2-4-8-17/h9-12,17H,2-8,13-15H2,1H3. The van der Waals surface area contributed by atoms with Crippen LogP contribution in [0.15, 0.2) is 24.3 Å². The van der Waals surface area contributed by atoms with Crippen LogP contribution in [0.1, 0.15) is 55.3 Å². The molecule has 0 radical (unpaired) electrons. The van der Waals surface area contributed by atoms with Gasteiger partial charge in [0.15, 0.2) is 5.78 Å². The summed E-state index contributed by atoms with van der Waals surface area (Å²) in [6.45, 7) is 0. The SMILES string of the molecule is CS1(CC(=O)c2ccc(OC3CCCCC3)cc2)CCCC1. The molecular formula is C19H28O2S. The third-order valence-corrected chi connectivity index (χ3v) is 8.54. The van der Waals surface area contributed by atoms with Crippen molar-refractivity contribution >= 4 is 15.8 Å². The average Bonchev–Trinajstić information content (AvgIpc) is 2.95. The van der Waals surface area contributed by atoms with Gasteiger partial charge in [-0.3, -0.25) is 4.79 Å². The molecule has 2 aliphatic rings. The fourth-order valence-corrected chi connectivity index (χ4v) is 6.74. The number of ether oxygens (including phenoxy) is 1. The Morgan fingerprint density at radius 2 is 1.68 bits per heavy atom. The van der Waals surface area contributed by atoms with Crippen LogP contribution in [0.2, 0.25) is 0 Å². The Balaban J connectivity index is 1.57. The minimum absolute atomic E-state index is 0.323. The number of Topliss-reactive ketones (excluding diaryl/α,β-unsaturated/α-hetero) is 1. The number of ketones is 1. The summed E-state index contributed by atoms with van der Waals surface area (Å²) in [5, 5.41) is 0. The van der Waals surface area contributed by atoms with Crippen LogP contribution in [0.5, 0.6) is 5.75 Å². The lowest BCUT2D eigenvalue weighted by atomic mass is 9.98. The molecule has 3 rings (SSSR count). The molecule has 122 valence electrons.